The molecule has 6 heteroatoms. The van der Waals surface area contributed by atoms with Crippen LogP contribution in [0.4, 0.5) is 0 Å². The van der Waals surface area contributed by atoms with Gasteiger partial charge in [-0.25, -0.2) is 15.0 Å². The highest BCUT2D eigenvalue weighted by molar-refractivity contribution is 8.00. The monoisotopic (exact) mass is 291 g/mol. The molecule has 4 unspecified atom stereocenters. The van der Waals surface area contributed by atoms with Crippen LogP contribution in [-0.4, -0.2) is 38.3 Å². The first-order valence-electron chi connectivity index (χ1n) is 7.17. The Balaban J connectivity index is 1.87. The molecule has 20 heavy (non-hydrogen) atoms. The van der Waals surface area contributed by atoms with Crippen molar-refractivity contribution in [3.63, 3.8) is 0 Å². The fourth-order valence-corrected chi connectivity index (χ4v) is 4.66. The molecule has 1 aliphatic carbocycles. The average Bonchev–Trinajstić information content (AvgIpc) is 2.90. The van der Waals surface area contributed by atoms with Crippen molar-refractivity contribution in [2.24, 2.45) is 11.8 Å². The molecule has 1 aliphatic rings. The number of rotatable bonds is 3. The van der Waals surface area contributed by atoms with Crippen LogP contribution >= 0.6 is 11.8 Å². The summed E-state index contributed by atoms with van der Waals surface area (Å²) in [7, 11) is 2.06. The summed E-state index contributed by atoms with van der Waals surface area (Å²) in [5.41, 5.74) is 1.71. The van der Waals surface area contributed by atoms with Gasteiger partial charge in [-0.1, -0.05) is 25.6 Å². The van der Waals surface area contributed by atoms with Gasteiger partial charge in [0.1, 0.15) is 16.9 Å². The summed E-state index contributed by atoms with van der Waals surface area (Å²) >= 11 is 1.86. The van der Waals surface area contributed by atoms with Crippen LogP contribution in [0.5, 0.6) is 0 Å². The van der Waals surface area contributed by atoms with Gasteiger partial charge in [-0.05, 0) is 31.7 Å². The molecule has 0 amide bonds. The Bertz CT molecular complexity index is 584. The van der Waals surface area contributed by atoms with Gasteiger partial charge in [0.05, 0.1) is 6.33 Å². The number of thioether (sulfide) groups is 1. The SMILES string of the molecule is CNC1CC(C)CC(C)C1Sc1ncnc2nc[nH]c12. The normalized spacial score (nSPS) is 30.8. The van der Waals surface area contributed by atoms with Crippen molar-refractivity contribution in [2.75, 3.05) is 7.05 Å². The van der Waals surface area contributed by atoms with Crippen molar-refractivity contribution in [2.45, 2.75) is 43.0 Å². The number of aromatic amines is 1. The van der Waals surface area contributed by atoms with Crippen LogP contribution in [0.2, 0.25) is 0 Å². The number of fused-ring (bicyclic) bond motifs is 1. The van der Waals surface area contributed by atoms with E-state index >= 15 is 0 Å². The largest absolute Gasteiger partial charge is 0.341 e. The number of hydrogen-bond acceptors (Lipinski definition) is 5. The topological polar surface area (TPSA) is 66.5 Å². The molecule has 3 rings (SSSR count). The highest BCUT2D eigenvalue weighted by Gasteiger charge is 2.34. The van der Waals surface area contributed by atoms with Gasteiger partial charge in [-0.3, -0.25) is 0 Å². The molecule has 5 nitrogen and oxygen atoms in total. The summed E-state index contributed by atoms with van der Waals surface area (Å²) in [6.07, 6.45) is 5.81. The van der Waals surface area contributed by atoms with Crippen LogP contribution in [0.15, 0.2) is 17.7 Å². The number of hydrogen-bond donors (Lipinski definition) is 2. The Kier molecular flexibility index (Phi) is 3.94. The minimum absolute atomic E-state index is 0.534. The van der Waals surface area contributed by atoms with Crippen LogP contribution in [0, 0.1) is 11.8 Å². The van der Waals surface area contributed by atoms with Gasteiger partial charge in [-0.15, -0.1) is 0 Å². The van der Waals surface area contributed by atoms with Crippen molar-refractivity contribution in [1.29, 1.82) is 0 Å². The van der Waals surface area contributed by atoms with E-state index in [2.05, 4.69) is 46.1 Å². The predicted octanol–water partition coefficient (Wildman–Crippen LogP) is 2.47. The predicted molar refractivity (Wildman–Crippen MR) is 81.7 cm³/mol. The van der Waals surface area contributed by atoms with Crippen molar-refractivity contribution in [3.8, 4) is 0 Å². The zero-order valence-electron chi connectivity index (χ0n) is 12.1. The second kappa shape index (κ2) is 5.69. The lowest BCUT2D eigenvalue weighted by Crippen LogP contribution is -2.44. The Hall–Kier alpha value is -1.14. The molecule has 0 radical (unpaired) electrons. The summed E-state index contributed by atoms with van der Waals surface area (Å²) in [5, 5.41) is 5.04. The van der Waals surface area contributed by atoms with Crippen molar-refractivity contribution < 1.29 is 0 Å². The molecular formula is C14H21N5S. The van der Waals surface area contributed by atoms with Gasteiger partial charge in [0.2, 0.25) is 0 Å². The molecule has 2 N–H and O–H groups in total. The average molecular weight is 291 g/mol. The van der Waals surface area contributed by atoms with Gasteiger partial charge in [0.25, 0.3) is 0 Å². The molecule has 0 spiro atoms. The highest BCUT2D eigenvalue weighted by atomic mass is 32.2. The lowest BCUT2D eigenvalue weighted by molar-refractivity contribution is 0.257. The summed E-state index contributed by atoms with van der Waals surface area (Å²) in [4.78, 5) is 16.0. The smallest absolute Gasteiger partial charge is 0.181 e. The van der Waals surface area contributed by atoms with Gasteiger partial charge in [-0.2, -0.15) is 0 Å². The standard InChI is InChI=1S/C14H21N5S/c1-8-4-9(2)12(10(5-8)15-3)20-14-11-13(17-6-16-11)18-7-19-14/h6-10,12,15H,4-5H2,1-3H3,(H,16,17,18,19). The molecule has 0 aliphatic heterocycles. The van der Waals surface area contributed by atoms with E-state index in [1.807, 2.05) is 11.8 Å². The first-order valence-corrected chi connectivity index (χ1v) is 8.05. The minimum Gasteiger partial charge on any atom is -0.341 e. The molecule has 2 aromatic rings. The molecule has 2 aromatic heterocycles. The third-order valence-electron chi connectivity index (χ3n) is 4.19. The molecule has 1 fully saturated rings. The van der Waals surface area contributed by atoms with Crippen molar-refractivity contribution in [3.05, 3.63) is 12.7 Å². The van der Waals surface area contributed by atoms with E-state index in [-0.39, 0.29) is 0 Å². The summed E-state index contributed by atoms with van der Waals surface area (Å²) in [6, 6.07) is 0.534. The molecule has 108 valence electrons. The first-order chi connectivity index (χ1) is 9.69. The molecule has 0 aromatic carbocycles. The van der Waals surface area contributed by atoms with Crippen LogP contribution in [0.1, 0.15) is 26.7 Å². The van der Waals surface area contributed by atoms with Gasteiger partial charge in [0.15, 0.2) is 5.65 Å². The second-order valence-corrected chi connectivity index (χ2v) is 6.98. The molecule has 2 heterocycles. The quantitative estimate of drug-likeness (QED) is 0.850. The fraction of sp³-hybridized carbons (Fsp3) is 0.643. The van der Waals surface area contributed by atoms with E-state index in [0.29, 0.717) is 17.2 Å². The van der Waals surface area contributed by atoms with E-state index in [1.165, 1.54) is 12.8 Å². The van der Waals surface area contributed by atoms with Crippen LogP contribution < -0.4 is 5.32 Å². The van der Waals surface area contributed by atoms with Gasteiger partial charge in [0, 0.05) is 11.3 Å². The number of H-pyrrole nitrogens is 1. The van der Waals surface area contributed by atoms with Gasteiger partial charge < -0.3 is 10.3 Å². The Morgan fingerprint density at radius 3 is 2.90 bits per heavy atom. The number of aromatic nitrogens is 4. The van der Waals surface area contributed by atoms with Gasteiger partial charge >= 0.3 is 0 Å². The van der Waals surface area contributed by atoms with E-state index in [4.69, 9.17) is 0 Å². The van der Waals surface area contributed by atoms with E-state index in [1.54, 1.807) is 12.7 Å². The van der Waals surface area contributed by atoms with Crippen LogP contribution in [0.25, 0.3) is 11.2 Å². The summed E-state index contributed by atoms with van der Waals surface area (Å²) in [6.45, 7) is 4.70. The Labute approximate surface area is 123 Å². The second-order valence-electron chi connectivity index (χ2n) is 5.81. The number of imidazole rings is 1. The van der Waals surface area contributed by atoms with E-state index < -0.39 is 0 Å². The Morgan fingerprint density at radius 2 is 2.10 bits per heavy atom. The summed E-state index contributed by atoms with van der Waals surface area (Å²) < 4.78 is 0. The zero-order valence-corrected chi connectivity index (χ0v) is 12.9. The van der Waals surface area contributed by atoms with Crippen LogP contribution in [0.3, 0.4) is 0 Å². The molecule has 4 atom stereocenters. The molecule has 1 saturated carbocycles. The molecule has 0 saturated heterocycles. The van der Waals surface area contributed by atoms with Crippen molar-refractivity contribution >= 4 is 22.9 Å². The third kappa shape index (κ3) is 2.54. The molecular weight excluding hydrogens is 270 g/mol. The minimum atomic E-state index is 0.534. The maximum Gasteiger partial charge on any atom is 0.181 e. The van der Waals surface area contributed by atoms with E-state index in [0.717, 1.165) is 22.1 Å². The lowest BCUT2D eigenvalue weighted by atomic mass is 9.80. The molecule has 0 bridgehead atoms. The van der Waals surface area contributed by atoms with Crippen molar-refractivity contribution in [1.82, 2.24) is 25.3 Å². The third-order valence-corrected chi connectivity index (χ3v) is 5.79. The van der Waals surface area contributed by atoms with E-state index in [9.17, 15) is 0 Å². The fourth-order valence-electron chi connectivity index (χ4n) is 3.27. The Morgan fingerprint density at radius 1 is 1.25 bits per heavy atom. The maximum atomic E-state index is 4.45. The van der Waals surface area contributed by atoms with Crippen LogP contribution in [-0.2, 0) is 0 Å². The number of nitrogens with one attached hydrogen (secondary N) is 2. The lowest BCUT2D eigenvalue weighted by Gasteiger charge is -2.38. The number of nitrogens with zero attached hydrogens (tertiary/aromatic N) is 3. The zero-order chi connectivity index (χ0) is 14.1. The first kappa shape index (κ1) is 13.8. The highest BCUT2D eigenvalue weighted by Crippen LogP contribution is 2.40. The summed E-state index contributed by atoms with van der Waals surface area (Å²) in [5.74, 6) is 1.46. The maximum absolute atomic E-state index is 4.45.